The van der Waals surface area contributed by atoms with Crippen LogP contribution in [-0.4, -0.2) is 10.8 Å². The summed E-state index contributed by atoms with van der Waals surface area (Å²) in [6.45, 7) is 5.32. The van der Waals surface area contributed by atoms with Crippen LogP contribution in [0, 0.1) is 13.8 Å². The van der Waals surface area contributed by atoms with Crippen molar-refractivity contribution in [3.8, 4) is 0 Å². The number of hydrogen-bond acceptors (Lipinski definition) is 2. The van der Waals surface area contributed by atoms with Crippen LogP contribution in [0.15, 0.2) is 36.5 Å². The van der Waals surface area contributed by atoms with Gasteiger partial charge in [-0.2, -0.15) is 13.2 Å². The van der Waals surface area contributed by atoms with Gasteiger partial charge in [-0.25, -0.2) is 0 Å². The lowest BCUT2D eigenvalue weighted by atomic mass is 9.87. The van der Waals surface area contributed by atoms with E-state index in [1.807, 2.05) is 32.0 Å². The Hall–Kier alpha value is -2.17. The molecule has 2 nitrogen and oxygen atoms in total. The van der Waals surface area contributed by atoms with Gasteiger partial charge in [0.1, 0.15) is 11.5 Å². The van der Waals surface area contributed by atoms with E-state index in [1.54, 1.807) is 0 Å². The van der Waals surface area contributed by atoms with Crippen molar-refractivity contribution in [2.75, 3.05) is 0 Å². The Morgan fingerprint density at radius 3 is 2.14 bits per heavy atom. The predicted octanol–water partition coefficient (Wildman–Crippen LogP) is 4.44. The zero-order chi connectivity index (χ0) is 16.5. The van der Waals surface area contributed by atoms with Crippen LogP contribution in [0.25, 0.3) is 0 Å². The van der Waals surface area contributed by atoms with E-state index in [1.165, 1.54) is 13.0 Å². The molecule has 116 valence electrons. The number of ketones is 1. The number of alkyl halides is 3. The number of benzene rings is 1. The fraction of sp³-hybridized carbons (Fsp3) is 0.294. The summed E-state index contributed by atoms with van der Waals surface area (Å²) >= 11 is 0. The number of halogens is 3. The molecule has 1 atom stereocenters. The Labute approximate surface area is 127 Å². The van der Waals surface area contributed by atoms with Gasteiger partial charge in [0, 0.05) is 6.20 Å². The number of carbonyl (C=O) groups is 1. The number of Topliss-reactive ketones (excluding diaryl/α,β-unsaturated/α-hetero) is 1. The van der Waals surface area contributed by atoms with Crippen LogP contribution in [0.4, 0.5) is 13.2 Å². The first kappa shape index (κ1) is 16.2. The highest BCUT2D eigenvalue weighted by Crippen LogP contribution is 2.31. The zero-order valence-electron chi connectivity index (χ0n) is 12.5. The molecule has 2 rings (SSSR count). The topological polar surface area (TPSA) is 30.0 Å². The lowest BCUT2D eigenvalue weighted by Gasteiger charge is -2.16. The number of aromatic nitrogens is 1. The molecule has 0 aliphatic rings. The average molecular weight is 307 g/mol. The third-order valence-electron chi connectivity index (χ3n) is 3.68. The molecule has 1 aromatic heterocycles. The smallest absolute Gasteiger partial charge is 0.299 e. The van der Waals surface area contributed by atoms with E-state index in [0.717, 1.165) is 29.0 Å². The minimum Gasteiger partial charge on any atom is -0.299 e. The van der Waals surface area contributed by atoms with Crippen molar-refractivity contribution in [2.45, 2.75) is 32.9 Å². The average Bonchev–Trinajstić information content (AvgIpc) is 2.42. The Balaban J connectivity index is 2.44. The van der Waals surface area contributed by atoms with E-state index in [0.29, 0.717) is 5.56 Å². The van der Waals surface area contributed by atoms with E-state index in [9.17, 15) is 18.0 Å². The molecule has 5 heteroatoms. The number of hydrogen-bond donors (Lipinski definition) is 0. The second-order valence-corrected chi connectivity index (χ2v) is 5.36. The van der Waals surface area contributed by atoms with Gasteiger partial charge in [-0.15, -0.1) is 0 Å². The monoisotopic (exact) mass is 307 g/mol. The summed E-state index contributed by atoms with van der Waals surface area (Å²) < 4.78 is 37.7. The summed E-state index contributed by atoms with van der Waals surface area (Å²) in [7, 11) is 0. The molecule has 0 fully saturated rings. The first-order chi connectivity index (χ1) is 10.2. The molecular formula is C17H16F3NO. The van der Waals surface area contributed by atoms with E-state index in [2.05, 4.69) is 4.98 Å². The van der Waals surface area contributed by atoms with Gasteiger partial charge in [-0.1, -0.05) is 24.3 Å². The maximum atomic E-state index is 12.6. The Morgan fingerprint density at radius 1 is 1.05 bits per heavy atom. The number of nitrogens with zero attached hydrogens (tertiary/aromatic N) is 1. The molecule has 1 heterocycles. The molecule has 0 spiro atoms. The van der Waals surface area contributed by atoms with Crippen LogP contribution in [0.5, 0.6) is 0 Å². The standard InChI is InChI=1S/C17H16F3NO/c1-10-4-5-13(8-11(10)2)16(12(3)22)14-6-7-15(21-9-14)17(18,19)20/h4-9,16H,1-3H3. The molecule has 0 aliphatic heterocycles. The first-order valence-corrected chi connectivity index (χ1v) is 6.81. The van der Waals surface area contributed by atoms with E-state index >= 15 is 0 Å². The molecule has 0 amide bonds. The minimum absolute atomic E-state index is 0.134. The van der Waals surface area contributed by atoms with Crippen LogP contribution in [0.3, 0.4) is 0 Å². The van der Waals surface area contributed by atoms with Gasteiger partial charge >= 0.3 is 6.18 Å². The lowest BCUT2D eigenvalue weighted by molar-refractivity contribution is -0.141. The van der Waals surface area contributed by atoms with Gasteiger partial charge in [-0.05, 0) is 49.1 Å². The van der Waals surface area contributed by atoms with Crippen molar-refractivity contribution >= 4 is 5.78 Å². The maximum Gasteiger partial charge on any atom is 0.433 e. The molecular weight excluding hydrogens is 291 g/mol. The quantitative estimate of drug-likeness (QED) is 0.839. The van der Waals surface area contributed by atoms with Gasteiger partial charge in [0.25, 0.3) is 0 Å². The highest BCUT2D eigenvalue weighted by molar-refractivity contribution is 5.86. The van der Waals surface area contributed by atoms with E-state index in [4.69, 9.17) is 0 Å². The largest absolute Gasteiger partial charge is 0.433 e. The Bertz CT molecular complexity index is 690. The number of pyridine rings is 1. The summed E-state index contributed by atoms with van der Waals surface area (Å²) in [5.74, 6) is -0.737. The van der Waals surface area contributed by atoms with Crippen molar-refractivity contribution in [3.63, 3.8) is 0 Å². The fourth-order valence-corrected chi connectivity index (χ4v) is 2.35. The molecule has 22 heavy (non-hydrogen) atoms. The number of aryl methyl sites for hydroxylation is 2. The van der Waals surface area contributed by atoms with Gasteiger partial charge in [0.2, 0.25) is 0 Å². The van der Waals surface area contributed by atoms with Crippen molar-refractivity contribution < 1.29 is 18.0 Å². The Morgan fingerprint density at radius 2 is 1.68 bits per heavy atom. The predicted molar refractivity (Wildman–Crippen MR) is 77.7 cm³/mol. The second kappa shape index (κ2) is 5.91. The van der Waals surface area contributed by atoms with Crippen LogP contribution < -0.4 is 0 Å². The molecule has 0 N–H and O–H groups in total. The molecule has 1 aromatic carbocycles. The summed E-state index contributed by atoms with van der Waals surface area (Å²) in [4.78, 5) is 15.4. The molecule has 1 unspecified atom stereocenters. The Kier molecular flexibility index (Phi) is 4.35. The second-order valence-electron chi connectivity index (χ2n) is 5.36. The van der Waals surface area contributed by atoms with Crippen molar-refractivity contribution in [1.29, 1.82) is 0 Å². The molecule has 0 saturated carbocycles. The summed E-state index contributed by atoms with van der Waals surface area (Å²) in [5.41, 5.74) is 2.39. The minimum atomic E-state index is -4.48. The molecule has 0 saturated heterocycles. The summed E-state index contributed by atoms with van der Waals surface area (Å²) in [6, 6.07) is 7.84. The highest BCUT2D eigenvalue weighted by Gasteiger charge is 2.32. The normalized spacial score (nSPS) is 13.0. The zero-order valence-corrected chi connectivity index (χ0v) is 12.5. The van der Waals surface area contributed by atoms with Gasteiger partial charge in [0.15, 0.2) is 0 Å². The van der Waals surface area contributed by atoms with Gasteiger partial charge in [0.05, 0.1) is 5.92 Å². The lowest BCUT2D eigenvalue weighted by Crippen LogP contribution is -2.13. The van der Waals surface area contributed by atoms with Crippen LogP contribution in [0.2, 0.25) is 0 Å². The third kappa shape index (κ3) is 3.35. The van der Waals surface area contributed by atoms with Crippen LogP contribution >= 0.6 is 0 Å². The first-order valence-electron chi connectivity index (χ1n) is 6.81. The maximum absolute atomic E-state index is 12.6. The van der Waals surface area contributed by atoms with Crippen LogP contribution in [0.1, 0.15) is 40.8 Å². The molecule has 0 aliphatic carbocycles. The van der Waals surface area contributed by atoms with Crippen molar-refractivity contribution in [2.24, 2.45) is 0 Å². The summed E-state index contributed by atoms with van der Waals surface area (Å²) in [6.07, 6.45) is -3.35. The fourth-order valence-electron chi connectivity index (χ4n) is 2.35. The number of carbonyl (C=O) groups excluding carboxylic acids is 1. The van der Waals surface area contributed by atoms with Crippen molar-refractivity contribution in [3.05, 3.63) is 64.5 Å². The highest BCUT2D eigenvalue weighted by atomic mass is 19.4. The van der Waals surface area contributed by atoms with E-state index < -0.39 is 17.8 Å². The number of rotatable bonds is 3. The SMILES string of the molecule is CC(=O)C(c1ccc(C(F)(F)F)nc1)c1ccc(C)c(C)c1. The molecule has 2 aromatic rings. The summed E-state index contributed by atoms with van der Waals surface area (Å²) in [5, 5.41) is 0. The third-order valence-corrected chi connectivity index (χ3v) is 3.68. The van der Waals surface area contributed by atoms with Crippen LogP contribution in [-0.2, 0) is 11.0 Å². The van der Waals surface area contributed by atoms with Crippen molar-refractivity contribution in [1.82, 2.24) is 4.98 Å². The van der Waals surface area contributed by atoms with E-state index in [-0.39, 0.29) is 5.78 Å². The molecule has 0 bridgehead atoms. The van der Waals surface area contributed by atoms with Gasteiger partial charge < -0.3 is 0 Å². The molecule has 0 radical (unpaired) electrons. The van der Waals surface area contributed by atoms with Gasteiger partial charge in [-0.3, -0.25) is 9.78 Å².